The zero-order valence-corrected chi connectivity index (χ0v) is 21.8. The maximum atomic E-state index is 13.9. The van der Waals surface area contributed by atoms with Crippen LogP contribution in [0.5, 0.6) is 34.5 Å². The Morgan fingerprint density at radius 2 is 0.944 bits per heavy atom. The fourth-order valence-electron chi connectivity index (χ4n) is 5.15. The molecule has 0 aromatic heterocycles. The third-order valence-electron chi connectivity index (χ3n) is 7.03. The zero-order chi connectivity index (χ0) is 26.0. The van der Waals surface area contributed by atoms with E-state index in [0.717, 1.165) is 24.0 Å². The summed E-state index contributed by atoms with van der Waals surface area (Å²) in [5, 5.41) is 0. The van der Waals surface area contributed by atoms with Crippen LogP contribution in [0.1, 0.15) is 24.0 Å². The summed E-state index contributed by atoms with van der Waals surface area (Å²) >= 11 is 0. The highest BCUT2D eigenvalue weighted by Crippen LogP contribution is 2.44. The largest absolute Gasteiger partial charge is 0.496 e. The highest BCUT2D eigenvalue weighted by atomic mass is 16.5. The molecule has 0 amide bonds. The highest BCUT2D eigenvalue weighted by Gasteiger charge is 2.44. The Balaban J connectivity index is 1.84. The summed E-state index contributed by atoms with van der Waals surface area (Å²) in [7, 11) is 11.6. The minimum Gasteiger partial charge on any atom is -0.496 e. The van der Waals surface area contributed by atoms with Crippen molar-refractivity contribution < 1.29 is 33.2 Å². The fraction of sp³-hybridized carbons (Fsp3) is 0.393. The second-order valence-corrected chi connectivity index (χ2v) is 8.70. The summed E-state index contributed by atoms with van der Waals surface area (Å²) in [6.07, 6.45) is 5.58. The first-order valence-electron chi connectivity index (χ1n) is 11.7. The van der Waals surface area contributed by atoms with E-state index in [1.54, 1.807) is 54.8 Å². The van der Waals surface area contributed by atoms with E-state index in [-0.39, 0.29) is 17.9 Å². The average molecular weight is 496 g/mol. The van der Waals surface area contributed by atoms with Gasteiger partial charge in [0.1, 0.15) is 11.5 Å². The molecule has 192 valence electrons. The predicted molar refractivity (Wildman–Crippen MR) is 138 cm³/mol. The number of fused-ring (bicyclic) bond motifs is 2. The van der Waals surface area contributed by atoms with Gasteiger partial charge in [-0.15, -0.1) is 0 Å². The van der Waals surface area contributed by atoms with Gasteiger partial charge in [0.25, 0.3) is 0 Å². The van der Waals surface area contributed by atoms with Gasteiger partial charge in [-0.2, -0.15) is 0 Å². The molecule has 0 aliphatic carbocycles. The lowest BCUT2D eigenvalue weighted by atomic mass is 9.88. The molecule has 0 spiro atoms. The molecule has 2 saturated heterocycles. The number of ether oxygens (including phenoxy) is 6. The molecular formula is C28H33NO7. The van der Waals surface area contributed by atoms with Gasteiger partial charge < -0.3 is 28.4 Å². The van der Waals surface area contributed by atoms with Crippen LogP contribution in [0.4, 0.5) is 0 Å². The number of hydrogen-bond acceptors (Lipinski definition) is 8. The van der Waals surface area contributed by atoms with Crippen molar-refractivity contribution in [3.05, 3.63) is 46.5 Å². The molecule has 2 aliphatic rings. The van der Waals surface area contributed by atoms with Crippen LogP contribution in [-0.4, -0.2) is 72.5 Å². The van der Waals surface area contributed by atoms with Crippen molar-refractivity contribution in [2.45, 2.75) is 24.9 Å². The summed E-state index contributed by atoms with van der Waals surface area (Å²) in [5.41, 5.74) is 2.92. The van der Waals surface area contributed by atoms with Crippen LogP contribution in [0.2, 0.25) is 0 Å². The van der Waals surface area contributed by atoms with Crippen LogP contribution >= 0.6 is 0 Å². The van der Waals surface area contributed by atoms with Crippen molar-refractivity contribution in [3.8, 4) is 34.5 Å². The number of rotatable bonds is 8. The van der Waals surface area contributed by atoms with E-state index in [0.29, 0.717) is 45.6 Å². The van der Waals surface area contributed by atoms with Gasteiger partial charge in [-0.3, -0.25) is 9.69 Å². The van der Waals surface area contributed by atoms with Crippen LogP contribution in [0.15, 0.2) is 35.4 Å². The second kappa shape index (κ2) is 10.5. The topological polar surface area (TPSA) is 75.7 Å². The monoisotopic (exact) mass is 495 g/mol. The van der Waals surface area contributed by atoms with Crippen molar-refractivity contribution in [1.29, 1.82) is 0 Å². The van der Waals surface area contributed by atoms with E-state index < -0.39 is 0 Å². The number of ketones is 1. The fourth-order valence-corrected chi connectivity index (χ4v) is 5.15. The SMILES string of the molecule is COc1cc(OC)c(OC)cc1/C=C1/C(=O)/C(=C/c2cc(OC)c(OC)cc2OC)[C@H]2CC[C@H]1N2C. The van der Waals surface area contributed by atoms with Crippen LogP contribution in [-0.2, 0) is 4.79 Å². The molecular weight excluding hydrogens is 462 g/mol. The van der Waals surface area contributed by atoms with Crippen molar-refractivity contribution in [2.24, 2.45) is 0 Å². The number of Topliss-reactive ketones (excluding diaryl/α,β-unsaturated/α-hetero) is 1. The predicted octanol–water partition coefficient (Wildman–Crippen LogP) is 4.25. The van der Waals surface area contributed by atoms with Gasteiger partial charge in [-0.05, 0) is 44.2 Å². The average Bonchev–Trinajstić information content (AvgIpc) is 3.22. The van der Waals surface area contributed by atoms with Crippen molar-refractivity contribution in [1.82, 2.24) is 4.90 Å². The van der Waals surface area contributed by atoms with Crippen molar-refractivity contribution in [2.75, 3.05) is 49.7 Å². The number of carbonyl (C=O) groups excluding carboxylic acids is 1. The van der Waals surface area contributed by atoms with Crippen LogP contribution in [0.3, 0.4) is 0 Å². The molecule has 8 nitrogen and oxygen atoms in total. The van der Waals surface area contributed by atoms with E-state index in [9.17, 15) is 4.79 Å². The second-order valence-electron chi connectivity index (χ2n) is 8.70. The minimum absolute atomic E-state index is 0.00859. The normalized spacial score (nSPS) is 21.6. The number of piperidine rings is 1. The number of hydrogen-bond donors (Lipinski definition) is 0. The number of nitrogens with zero attached hydrogens (tertiary/aromatic N) is 1. The summed E-state index contributed by atoms with van der Waals surface area (Å²) in [6, 6.07) is 7.24. The van der Waals surface area contributed by atoms with E-state index in [2.05, 4.69) is 11.9 Å². The third-order valence-corrected chi connectivity index (χ3v) is 7.03. The maximum Gasteiger partial charge on any atom is 0.188 e. The molecule has 2 aromatic carbocycles. The maximum absolute atomic E-state index is 13.9. The van der Waals surface area contributed by atoms with Crippen molar-refractivity contribution >= 4 is 17.9 Å². The lowest BCUT2D eigenvalue weighted by Gasteiger charge is -2.34. The summed E-state index contributed by atoms with van der Waals surface area (Å²) in [6.45, 7) is 0. The molecule has 2 heterocycles. The summed E-state index contributed by atoms with van der Waals surface area (Å²) < 4.78 is 33.0. The smallest absolute Gasteiger partial charge is 0.188 e. The molecule has 2 atom stereocenters. The Hall–Kier alpha value is -3.65. The van der Waals surface area contributed by atoms with Gasteiger partial charge in [0.2, 0.25) is 0 Å². The molecule has 2 bridgehead atoms. The van der Waals surface area contributed by atoms with Gasteiger partial charge in [-0.1, -0.05) is 0 Å². The van der Waals surface area contributed by atoms with Crippen molar-refractivity contribution in [3.63, 3.8) is 0 Å². The quantitative estimate of drug-likeness (QED) is 0.503. The molecule has 36 heavy (non-hydrogen) atoms. The highest BCUT2D eigenvalue weighted by molar-refractivity contribution is 6.16. The van der Waals surface area contributed by atoms with Crippen LogP contribution in [0.25, 0.3) is 12.2 Å². The molecule has 0 N–H and O–H groups in total. The lowest BCUT2D eigenvalue weighted by molar-refractivity contribution is -0.114. The summed E-state index contributed by atoms with van der Waals surface area (Å²) in [4.78, 5) is 16.2. The van der Waals surface area contributed by atoms with Crippen LogP contribution < -0.4 is 28.4 Å². The van der Waals surface area contributed by atoms with Gasteiger partial charge in [0.15, 0.2) is 28.8 Å². The van der Waals surface area contributed by atoms with E-state index in [4.69, 9.17) is 28.4 Å². The molecule has 2 aromatic rings. The first-order valence-corrected chi connectivity index (χ1v) is 11.7. The third kappa shape index (κ3) is 4.37. The molecule has 4 rings (SSSR count). The van der Waals surface area contributed by atoms with Gasteiger partial charge in [-0.25, -0.2) is 0 Å². The Labute approximate surface area is 212 Å². The Kier molecular flexibility index (Phi) is 7.45. The standard InChI is InChI=1S/C28H33NO7/c1-29-20-8-9-21(29)19(11-17-13-25(34-5)27(36-7)15-23(17)32-3)28(30)18(20)10-16-12-24(33-4)26(35-6)14-22(16)31-2/h10-15,20-21H,8-9H2,1-7H3/b18-10+,19-11+/t20-,21-/m1/s1. The Morgan fingerprint density at radius 1 is 0.611 bits per heavy atom. The number of methoxy groups -OCH3 is 6. The molecule has 2 aliphatic heterocycles. The van der Waals surface area contributed by atoms with E-state index in [1.807, 2.05) is 24.3 Å². The van der Waals surface area contributed by atoms with Crippen LogP contribution in [0, 0.1) is 0 Å². The molecule has 2 fully saturated rings. The Morgan fingerprint density at radius 3 is 1.28 bits per heavy atom. The van der Waals surface area contributed by atoms with Gasteiger partial charge in [0.05, 0.1) is 42.7 Å². The zero-order valence-electron chi connectivity index (χ0n) is 21.8. The lowest BCUT2D eigenvalue weighted by Crippen LogP contribution is -2.43. The minimum atomic E-state index is 0.00859. The number of likely N-dealkylation sites (N-methyl/N-ethyl adjacent to an activating group) is 1. The molecule has 0 unspecified atom stereocenters. The van der Waals surface area contributed by atoms with E-state index >= 15 is 0 Å². The molecule has 0 saturated carbocycles. The number of carbonyl (C=O) groups is 1. The van der Waals surface area contributed by atoms with E-state index in [1.165, 1.54) is 0 Å². The first-order chi connectivity index (χ1) is 17.4. The van der Waals surface area contributed by atoms with Gasteiger partial charge >= 0.3 is 0 Å². The number of benzene rings is 2. The van der Waals surface area contributed by atoms with Gasteiger partial charge in [0, 0.05) is 46.5 Å². The Bertz CT molecular complexity index is 1130. The summed E-state index contributed by atoms with van der Waals surface area (Å²) in [5.74, 6) is 3.46. The first kappa shape index (κ1) is 25.4. The molecule has 8 heteroatoms. The molecule has 0 radical (unpaired) electrons.